The van der Waals surface area contributed by atoms with Crippen molar-refractivity contribution in [2.45, 2.75) is 10.3 Å². The van der Waals surface area contributed by atoms with Crippen LogP contribution in [0.2, 0.25) is 5.02 Å². The number of aromatic nitrogens is 3. The van der Waals surface area contributed by atoms with Gasteiger partial charge in [-0.2, -0.15) is 0 Å². The molecule has 0 atom stereocenters. The Bertz CT molecular complexity index is 1190. The molecule has 1 aliphatic heterocycles. The first-order valence-corrected chi connectivity index (χ1v) is 11.3. The smallest absolute Gasteiger partial charge is 0.309 e. The van der Waals surface area contributed by atoms with E-state index in [1.807, 2.05) is 11.0 Å². The van der Waals surface area contributed by atoms with Crippen LogP contribution in [0.5, 0.6) is 0 Å². The SMILES string of the molecule is O=C(Nc1ccc(CN2CC(C(=O)O)C2)cc1Cl)c1nc(C(Cl)(Cl)Cl)n(-c2ccccc2)n1. The van der Waals surface area contributed by atoms with Crippen molar-refractivity contribution in [3.8, 4) is 5.69 Å². The Morgan fingerprint density at radius 1 is 1.12 bits per heavy atom. The van der Waals surface area contributed by atoms with Gasteiger partial charge in [-0.1, -0.05) is 70.7 Å². The van der Waals surface area contributed by atoms with Crippen LogP contribution < -0.4 is 5.32 Å². The van der Waals surface area contributed by atoms with Crippen molar-refractivity contribution in [3.63, 3.8) is 0 Å². The number of carbonyl (C=O) groups excluding carboxylic acids is 1. The second kappa shape index (κ2) is 9.48. The molecule has 3 aromatic rings. The summed E-state index contributed by atoms with van der Waals surface area (Å²) >= 11 is 24.5. The highest BCUT2D eigenvalue weighted by Gasteiger charge is 2.33. The van der Waals surface area contributed by atoms with E-state index in [4.69, 9.17) is 51.5 Å². The number of rotatable bonds is 6. The number of hydrogen-bond donors (Lipinski definition) is 2. The summed E-state index contributed by atoms with van der Waals surface area (Å²) in [5.74, 6) is -1.97. The fourth-order valence-electron chi connectivity index (χ4n) is 3.39. The van der Waals surface area contributed by atoms with E-state index in [1.165, 1.54) is 4.68 Å². The lowest BCUT2D eigenvalue weighted by Crippen LogP contribution is -2.49. The van der Waals surface area contributed by atoms with Crippen molar-refractivity contribution in [2.75, 3.05) is 18.4 Å². The Balaban J connectivity index is 1.49. The predicted octanol–water partition coefficient (Wildman–Crippen LogP) is 4.52. The minimum Gasteiger partial charge on any atom is -0.481 e. The van der Waals surface area contributed by atoms with Crippen LogP contribution >= 0.6 is 46.4 Å². The molecule has 1 aromatic heterocycles. The molecule has 0 aliphatic carbocycles. The number of benzene rings is 2. The summed E-state index contributed by atoms with van der Waals surface area (Å²) in [5.41, 5.74) is 1.83. The Hall–Kier alpha value is -2.36. The molecule has 2 aromatic carbocycles. The van der Waals surface area contributed by atoms with Crippen LogP contribution in [0.4, 0.5) is 5.69 Å². The summed E-state index contributed by atoms with van der Waals surface area (Å²) in [4.78, 5) is 29.9. The number of carbonyl (C=O) groups is 2. The maximum absolute atomic E-state index is 12.8. The lowest BCUT2D eigenvalue weighted by molar-refractivity contribution is -0.147. The number of halogens is 4. The van der Waals surface area contributed by atoms with Gasteiger partial charge >= 0.3 is 5.97 Å². The summed E-state index contributed by atoms with van der Waals surface area (Å²) in [5, 5.41) is 16.2. The number of nitrogens with one attached hydrogen (secondary N) is 1. The molecule has 0 unspecified atom stereocenters. The monoisotopic (exact) mass is 527 g/mol. The number of likely N-dealkylation sites (tertiary alicyclic amines) is 1. The first-order valence-electron chi connectivity index (χ1n) is 9.76. The topological polar surface area (TPSA) is 100 Å². The molecule has 172 valence electrons. The van der Waals surface area contributed by atoms with Gasteiger partial charge in [-0.15, -0.1) is 5.10 Å². The van der Waals surface area contributed by atoms with Crippen LogP contribution in [0.3, 0.4) is 0 Å². The number of carboxylic acids is 1. The molecule has 2 heterocycles. The molecule has 0 saturated carbocycles. The third kappa shape index (κ3) is 5.42. The molecule has 1 saturated heterocycles. The number of amides is 1. The molecule has 1 aliphatic rings. The first kappa shape index (κ1) is 23.8. The predicted molar refractivity (Wildman–Crippen MR) is 126 cm³/mol. The Morgan fingerprint density at radius 2 is 1.82 bits per heavy atom. The highest BCUT2D eigenvalue weighted by atomic mass is 35.6. The van der Waals surface area contributed by atoms with Gasteiger partial charge in [-0.05, 0) is 29.8 Å². The van der Waals surface area contributed by atoms with E-state index in [-0.39, 0.29) is 17.6 Å². The highest BCUT2D eigenvalue weighted by Crippen LogP contribution is 2.38. The Kier molecular flexibility index (Phi) is 6.83. The number of alkyl halides is 3. The average Bonchev–Trinajstić information content (AvgIpc) is 3.19. The summed E-state index contributed by atoms with van der Waals surface area (Å²) in [7, 11) is 0. The van der Waals surface area contributed by atoms with Crippen LogP contribution in [0, 0.1) is 5.92 Å². The second-order valence-corrected chi connectivity index (χ2v) is 10.2. The van der Waals surface area contributed by atoms with E-state index in [1.54, 1.807) is 42.5 Å². The fraction of sp³-hybridized carbons (Fsp3) is 0.238. The zero-order valence-electron chi connectivity index (χ0n) is 16.9. The zero-order chi connectivity index (χ0) is 23.8. The van der Waals surface area contributed by atoms with E-state index in [2.05, 4.69) is 15.4 Å². The summed E-state index contributed by atoms with van der Waals surface area (Å²) in [6, 6.07) is 14.0. The van der Waals surface area contributed by atoms with Gasteiger partial charge in [-0.3, -0.25) is 14.5 Å². The average molecular weight is 529 g/mol. The highest BCUT2D eigenvalue weighted by molar-refractivity contribution is 6.66. The molecule has 33 heavy (non-hydrogen) atoms. The first-order chi connectivity index (χ1) is 15.6. The van der Waals surface area contributed by atoms with Crippen molar-refractivity contribution in [3.05, 3.63) is 70.8 Å². The lowest BCUT2D eigenvalue weighted by atomic mass is 9.99. The van der Waals surface area contributed by atoms with Gasteiger partial charge in [0.25, 0.3) is 5.91 Å². The molecule has 0 radical (unpaired) electrons. The quantitative estimate of drug-likeness (QED) is 0.456. The summed E-state index contributed by atoms with van der Waals surface area (Å²) in [6.07, 6.45) is 0. The van der Waals surface area contributed by atoms with E-state index < -0.39 is 15.7 Å². The zero-order valence-corrected chi connectivity index (χ0v) is 19.9. The van der Waals surface area contributed by atoms with Crippen LogP contribution in [-0.4, -0.2) is 49.7 Å². The van der Waals surface area contributed by atoms with Crippen LogP contribution in [0.1, 0.15) is 22.0 Å². The van der Waals surface area contributed by atoms with Gasteiger partial charge in [0, 0.05) is 19.6 Å². The number of nitrogens with zero attached hydrogens (tertiary/aromatic N) is 4. The van der Waals surface area contributed by atoms with E-state index in [0.717, 1.165) is 5.56 Å². The molecule has 1 fully saturated rings. The number of carboxylic acid groups (broad SMARTS) is 1. The molecular weight excluding hydrogens is 512 g/mol. The molecule has 0 spiro atoms. The number of anilines is 1. The van der Waals surface area contributed by atoms with Crippen molar-refractivity contribution < 1.29 is 14.7 Å². The minimum absolute atomic E-state index is 0.0282. The molecule has 12 heteroatoms. The molecule has 4 rings (SSSR count). The van der Waals surface area contributed by atoms with Gasteiger partial charge in [0.2, 0.25) is 9.62 Å². The molecular formula is C21H17Cl4N5O3. The number of para-hydroxylation sites is 1. The van der Waals surface area contributed by atoms with E-state index >= 15 is 0 Å². The third-order valence-electron chi connectivity index (χ3n) is 5.06. The third-order valence-corrected chi connectivity index (χ3v) is 5.88. The minimum atomic E-state index is -1.91. The van der Waals surface area contributed by atoms with E-state index in [9.17, 15) is 9.59 Å². The maximum atomic E-state index is 12.8. The fourth-order valence-corrected chi connectivity index (χ4v) is 4.01. The van der Waals surface area contributed by atoms with Gasteiger partial charge in [0.1, 0.15) is 0 Å². The maximum Gasteiger partial charge on any atom is 0.309 e. The van der Waals surface area contributed by atoms with Crippen LogP contribution in [0.25, 0.3) is 5.69 Å². The lowest BCUT2D eigenvalue weighted by Gasteiger charge is -2.36. The molecule has 8 nitrogen and oxygen atoms in total. The second-order valence-electron chi connectivity index (χ2n) is 7.50. The normalized spacial score (nSPS) is 14.7. The number of aliphatic carboxylic acids is 1. The van der Waals surface area contributed by atoms with Crippen LogP contribution in [-0.2, 0) is 15.1 Å². The molecule has 1 amide bonds. The largest absolute Gasteiger partial charge is 0.481 e. The standard InChI is InChI=1S/C21H17Cl4N5O3/c22-15-8-12(9-29-10-13(11-29)19(32)33)6-7-16(15)26-18(31)17-27-20(21(23,24)25)30(28-17)14-4-2-1-3-5-14/h1-8,13H,9-11H2,(H,26,31)(H,32,33). The van der Waals surface area contributed by atoms with Crippen molar-refractivity contribution in [1.82, 2.24) is 19.7 Å². The molecule has 0 bridgehead atoms. The van der Waals surface area contributed by atoms with Crippen molar-refractivity contribution in [1.29, 1.82) is 0 Å². The molecule has 2 N–H and O–H groups in total. The Labute approximate surface area is 209 Å². The van der Waals surface area contributed by atoms with Crippen LogP contribution in [0.15, 0.2) is 48.5 Å². The Morgan fingerprint density at radius 3 is 2.42 bits per heavy atom. The van der Waals surface area contributed by atoms with Gasteiger partial charge < -0.3 is 10.4 Å². The van der Waals surface area contributed by atoms with Gasteiger partial charge in [0.05, 0.1) is 22.3 Å². The van der Waals surface area contributed by atoms with Gasteiger partial charge in [0.15, 0.2) is 5.82 Å². The van der Waals surface area contributed by atoms with E-state index in [0.29, 0.717) is 36.0 Å². The van der Waals surface area contributed by atoms with Crippen molar-refractivity contribution >= 4 is 64.0 Å². The summed E-state index contributed by atoms with van der Waals surface area (Å²) < 4.78 is -0.610. The number of hydrogen-bond acceptors (Lipinski definition) is 5. The summed E-state index contributed by atoms with van der Waals surface area (Å²) in [6.45, 7) is 1.55. The van der Waals surface area contributed by atoms with Crippen molar-refractivity contribution in [2.24, 2.45) is 5.92 Å². The van der Waals surface area contributed by atoms with Gasteiger partial charge in [-0.25, -0.2) is 9.67 Å².